The Morgan fingerprint density at radius 3 is 3.05 bits per heavy atom. The largest absolute Gasteiger partial charge is 0.493 e. The summed E-state index contributed by atoms with van der Waals surface area (Å²) in [6.45, 7) is 2.24. The fraction of sp³-hybridized carbons (Fsp3) is 0.364. The van der Waals surface area contributed by atoms with Gasteiger partial charge in [-0.15, -0.1) is 10.2 Å². The summed E-state index contributed by atoms with van der Waals surface area (Å²) >= 11 is 0. The normalized spacial score (nSPS) is 15.7. The zero-order chi connectivity index (χ0) is 14.2. The Hall–Kier alpha value is -2.00. The monoisotopic (exact) mass is 295 g/mol. The van der Waals surface area contributed by atoms with E-state index >= 15 is 0 Å². The Kier molecular flexibility index (Phi) is 3.14. The highest BCUT2D eigenvalue weighted by atomic mass is 32.2. The van der Waals surface area contributed by atoms with Crippen molar-refractivity contribution >= 4 is 10.0 Å². The highest BCUT2D eigenvalue weighted by Gasteiger charge is 2.23. The van der Waals surface area contributed by atoms with E-state index in [9.17, 15) is 8.42 Å². The van der Waals surface area contributed by atoms with Gasteiger partial charge in [-0.1, -0.05) is 5.21 Å². The number of benzene rings is 1. The first kappa shape index (κ1) is 13.0. The van der Waals surface area contributed by atoms with E-state index in [2.05, 4.69) is 25.3 Å². The Morgan fingerprint density at radius 2 is 2.30 bits per heavy atom. The molecule has 1 unspecified atom stereocenters. The smallest absolute Gasteiger partial charge is 0.241 e. The number of nitrogens with one attached hydrogen (secondary N) is 2. The number of H-pyrrole nitrogens is 1. The summed E-state index contributed by atoms with van der Waals surface area (Å²) in [5.41, 5.74) is 0.903. The molecule has 3 rings (SSSR count). The van der Waals surface area contributed by atoms with Gasteiger partial charge in [0.05, 0.1) is 17.5 Å². The third-order valence-corrected chi connectivity index (χ3v) is 4.59. The Balaban J connectivity index is 1.85. The van der Waals surface area contributed by atoms with Crippen molar-refractivity contribution in [1.82, 2.24) is 25.3 Å². The average Bonchev–Trinajstić information content (AvgIpc) is 3.08. The van der Waals surface area contributed by atoms with Crippen LogP contribution in [0.25, 0.3) is 0 Å². The molecule has 9 heteroatoms. The molecule has 0 aliphatic carbocycles. The molecule has 0 saturated heterocycles. The number of fused-ring (bicyclic) bond motifs is 1. The lowest BCUT2D eigenvalue weighted by molar-refractivity contribution is 0.356. The molecule has 0 fully saturated rings. The maximum atomic E-state index is 12.3. The first-order valence-corrected chi connectivity index (χ1v) is 7.56. The second-order valence-electron chi connectivity index (χ2n) is 4.48. The molecule has 1 atom stereocenters. The SMILES string of the molecule is CC(NS(=O)(=O)c1ccc2c(c1)CCO2)c1nn[nH]n1. The molecule has 0 saturated carbocycles. The van der Waals surface area contributed by atoms with Crippen LogP contribution in [0.1, 0.15) is 24.4 Å². The van der Waals surface area contributed by atoms with E-state index in [4.69, 9.17) is 4.74 Å². The van der Waals surface area contributed by atoms with Crippen molar-refractivity contribution in [2.24, 2.45) is 0 Å². The maximum Gasteiger partial charge on any atom is 0.241 e. The van der Waals surface area contributed by atoms with Gasteiger partial charge in [-0.25, -0.2) is 13.1 Å². The standard InChI is InChI=1S/C11H13N5O3S/c1-7(11-12-15-16-13-11)14-20(17,18)9-2-3-10-8(6-9)4-5-19-10/h2-3,6-7,14H,4-5H2,1H3,(H,12,13,15,16). The van der Waals surface area contributed by atoms with Crippen molar-refractivity contribution < 1.29 is 13.2 Å². The molecule has 2 heterocycles. The zero-order valence-corrected chi connectivity index (χ0v) is 11.5. The quantitative estimate of drug-likeness (QED) is 0.832. The van der Waals surface area contributed by atoms with Crippen LogP contribution >= 0.6 is 0 Å². The minimum absolute atomic E-state index is 0.206. The number of hydrogen-bond acceptors (Lipinski definition) is 6. The second-order valence-corrected chi connectivity index (χ2v) is 6.19. The van der Waals surface area contributed by atoms with Crippen LogP contribution in [0.15, 0.2) is 23.1 Å². The molecule has 8 nitrogen and oxygen atoms in total. The predicted octanol–water partition coefficient (Wildman–Crippen LogP) is 0.174. The summed E-state index contributed by atoms with van der Waals surface area (Å²) in [7, 11) is -3.63. The number of ether oxygens (including phenoxy) is 1. The van der Waals surface area contributed by atoms with Crippen LogP contribution in [0.2, 0.25) is 0 Å². The number of sulfonamides is 1. The fourth-order valence-electron chi connectivity index (χ4n) is 2.04. The molecule has 0 spiro atoms. The molecule has 1 aliphatic rings. The fourth-order valence-corrected chi connectivity index (χ4v) is 3.29. The number of aromatic amines is 1. The van der Waals surface area contributed by atoms with Crippen molar-refractivity contribution in [1.29, 1.82) is 0 Å². The molecule has 2 N–H and O–H groups in total. The summed E-state index contributed by atoms with van der Waals surface area (Å²) in [4.78, 5) is 0.206. The molecule has 1 aromatic heterocycles. The molecule has 0 radical (unpaired) electrons. The summed E-state index contributed by atoms with van der Waals surface area (Å²) in [5, 5.41) is 13.2. The third kappa shape index (κ3) is 2.37. The minimum Gasteiger partial charge on any atom is -0.493 e. The third-order valence-electron chi connectivity index (χ3n) is 3.05. The number of hydrogen-bond donors (Lipinski definition) is 2. The van der Waals surface area contributed by atoms with Crippen molar-refractivity contribution in [2.45, 2.75) is 24.3 Å². The van der Waals surface area contributed by atoms with E-state index in [1.165, 1.54) is 6.07 Å². The number of rotatable bonds is 4. The van der Waals surface area contributed by atoms with E-state index in [0.29, 0.717) is 6.61 Å². The summed E-state index contributed by atoms with van der Waals surface area (Å²) < 4.78 is 32.5. The van der Waals surface area contributed by atoms with E-state index in [0.717, 1.165) is 17.7 Å². The van der Waals surface area contributed by atoms with Gasteiger partial charge in [-0.2, -0.15) is 5.21 Å². The molecule has 0 amide bonds. The molecule has 1 aliphatic heterocycles. The Morgan fingerprint density at radius 1 is 1.45 bits per heavy atom. The van der Waals surface area contributed by atoms with Crippen molar-refractivity contribution in [3.63, 3.8) is 0 Å². The number of tetrazole rings is 1. The second kappa shape index (κ2) is 4.84. The first-order chi connectivity index (χ1) is 9.56. The lowest BCUT2D eigenvalue weighted by Crippen LogP contribution is -2.27. The maximum absolute atomic E-state index is 12.3. The topological polar surface area (TPSA) is 110 Å². The number of nitrogens with zero attached hydrogens (tertiary/aromatic N) is 3. The van der Waals surface area contributed by atoms with Gasteiger partial charge in [0.15, 0.2) is 5.82 Å². The van der Waals surface area contributed by atoms with Crippen LogP contribution in [-0.2, 0) is 16.4 Å². The van der Waals surface area contributed by atoms with Gasteiger partial charge in [-0.3, -0.25) is 0 Å². The van der Waals surface area contributed by atoms with Crippen LogP contribution in [0, 0.1) is 0 Å². The van der Waals surface area contributed by atoms with Gasteiger partial charge < -0.3 is 4.74 Å². The molecule has 2 aromatic rings. The van der Waals surface area contributed by atoms with E-state index < -0.39 is 16.1 Å². The van der Waals surface area contributed by atoms with Gasteiger partial charge in [0.25, 0.3) is 0 Å². The molecule has 1 aromatic carbocycles. The van der Waals surface area contributed by atoms with Gasteiger partial charge in [-0.05, 0) is 30.7 Å². The van der Waals surface area contributed by atoms with E-state index in [-0.39, 0.29) is 10.7 Å². The highest BCUT2D eigenvalue weighted by Crippen LogP contribution is 2.27. The van der Waals surface area contributed by atoms with Crippen LogP contribution in [-0.4, -0.2) is 35.6 Å². The van der Waals surface area contributed by atoms with Crippen LogP contribution < -0.4 is 9.46 Å². The Labute approximate surface area is 115 Å². The molecule has 106 valence electrons. The van der Waals surface area contributed by atoms with Gasteiger partial charge in [0.2, 0.25) is 10.0 Å². The minimum atomic E-state index is -3.63. The first-order valence-electron chi connectivity index (χ1n) is 6.08. The highest BCUT2D eigenvalue weighted by molar-refractivity contribution is 7.89. The van der Waals surface area contributed by atoms with Crippen LogP contribution in [0.3, 0.4) is 0 Å². The van der Waals surface area contributed by atoms with E-state index in [1.54, 1.807) is 19.1 Å². The zero-order valence-electron chi connectivity index (χ0n) is 10.7. The van der Waals surface area contributed by atoms with Gasteiger partial charge >= 0.3 is 0 Å². The lowest BCUT2D eigenvalue weighted by Gasteiger charge is -2.11. The lowest BCUT2D eigenvalue weighted by atomic mass is 10.2. The summed E-state index contributed by atoms with van der Waals surface area (Å²) in [6, 6.07) is 4.27. The predicted molar refractivity (Wildman–Crippen MR) is 68.6 cm³/mol. The van der Waals surface area contributed by atoms with Crippen LogP contribution in [0.5, 0.6) is 5.75 Å². The van der Waals surface area contributed by atoms with Crippen molar-refractivity contribution in [3.05, 3.63) is 29.6 Å². The van der Waals surface area contributed by atoms with Crippen molar-refractivity contribution in [2.75, 3.05) is 6.61 Å². The summed E-state index contributed by atoms with van der Waals surface area (Å²) in [6.07, 6.45) is 0.721. The van der Waals surface area contributed by atoms with Gasteiger partial charge in [0, 0.05) is 6.42 Å². The van der Waals surface area contributed by atoms with Crippen LogP contribution in [0.4, 0.5) is 0 Å². The molecule has 20 heavy (non-hydrogen) atoms. The molecular formula is C11H13N5O3S. The molecular weight excluding hydrogens is 282 g/mol. The Bertz CT molecular complexity index is 714. The van der Waals surface area contributed by atoms with Crippen molar-refractivity contribution in [3.8, 4) is 5.75 Å². The average molecular weight is 295 g/mol. The van der Waals surface area contributed by atoms with Gasteiger partial charge in [0.1, 0.15) is 5.75 Å². The van der Waals surface area contributed by atoms with E-state index in [1.807, 2.05) is 0 Å². The number of aromatic nitrogens is 4. The molecule has 0 bridgehead atoms. The summed E-state index contributed by atoms with van der Waals surface area (Å²) in [5.74, 6) is 1.04.